The number of halogens is 1. The maximum Gasteiger partial charge on any atom is 0.253 e. The van der Waals surface area contributed by atoms with Crippen LogP contribution in [0.2, 0.25) is 0 Å². The molecule has 1 aliphatic rings. The van der Waals surface area contributed by atoms with E-state index in [-0.39, 0.29) is 17.6 Å². The standard InChI is InChI=1S/C20H18FN3O2/c21-18-7-5-16(6-8-18)19(25)23-9-2-10-24(12-11-23)20(26)17-4-1-3-15(13-17)14-22/h1,3-8,13H,2,9-12H2. The molecule has 0 N–H and O–H groups in total. The fourth-order valence-electron chi connectivity index (χ4n) is 3.00. The molecule has 1 saturated heterocycles. The minimum Gasteiger partial charge on any atom is -0.337 e. The SMILES string of the molecule is N#Cc1cccc(C(=O)N2CCCN(C(=O)c3ccc(F)cc3)CC2)c1. The summed E-state index contributed by atoms with van der Waals surface area (Å²) in [6, 6.07) is 14.1. The van der Waals surface area contributed by atoms with Crippen LogP contribution in [0.4, 0.5) is 4.39 Å². The van der Waals surface area contributed by atoms with E-state index in [1.165, 1.54) is 24.3 Å². The first-order valence-electron chi connectivity index (χ1n) is 8.43. The quantitative estimate of drug-likeness (QED) is 0.836. The molecule has 2 amide bonds. The van der Waals surface area contributed by atoms with Gasteiger partial charge in [0, 0.05) is 37.3 Å². The van der Waals surface area contributed by atoms with E-state index in [1.807, 2.05) is 6.07 Å². The predicted octanol–water partition coefficient (Wildman–Crippen LogP) is 2.69. The van der Waals surface area contributed by atoms with E-state index in [0.29, 0.717) is 49.3 Å². The molecular formula is C20H18FN3O2. The van der Waals surface area contributed by atoms with Crippen LogP contribution in [0.25, 0.3) is 0 Å². The van der Waals surface area contributed by atoms with Crippen molar-refractivity contribution in [3.63, 3.8) is 0 Å². The number of nitriles is 1. The van der Waals surface area contributed by atoms with Crippen LogP contribution in [-0.2, 0) is 0 Å². The van der Waals surface area contributed by atoms with Crippen molar-refractivity contribution in [3.8, 4) is 6.07 Å². The Morgan fingerprint density at radius 1 is 0.885 bits per heavy atom. The Morgan fingerprint density at radius 3 is 2.12 bits per heavy atom. The Kier molecular flexibility index (Phi) is 5.28. The summed E-state index contributed by atoms with van der Waals surface area (Å²) >= 11 is 0. The van der Waals surface area contributed by atoms with E-state index in [1.54, 1.807) is 34.1 Å². The summed E-state index contributed by atoms with van der Waals surface area (Å²) in [6.45, 7) is 1.92. The van der Waals surface area contributed by atoms with Crippen LogP contribution in [0.1, 0.15) is 32.7 Å². The zero-order valence-corrected chi connectivity index (χ0v) is 14.2. The Hall–Kier alpha value is -3.20. The summed E-state index contributed by atoms with van der Waals surface area (Å²) in [5.41, 5.74) is 1.36. The molecule has 0 unspecified atom stereocenters. The Bertz CT molecular complexity index is 858. The molecule has 26 heavy (non-hydrogen) atoms. The second-order valence-electron chi connectivity index (χ2n) is 6.14. The molecule has 1 aliphatic heterocycles. The molecule has 5 nitrogen and oxygen atoms in total. The van der Waals surface area contributed by atoms with Crippen molar-refractivity contribution in [2.24, 2.45) is 0 Å². The monoisotopic (exact) mass is 351 g/mol. The first kappa shape index (κ1) is 17.6. The predicted molar refractivity (Wildman–Crippen MR) is 94.0 cm³/mol. The summed E-state index contributed by atoms with van der Waals surface area (Å²) in [5, 5.41) is 8.98. The average molecular weight is 351 g/mol. The van der Waals surface area contributed by atoms with Crippen LogP contribution in [0.5, 0.6) is 0 Å². The molecule has 2 aromatic rings. The van der Waals surface area contributed by atoms with E-state index >= 15 is 0 Å². The first-order valence-corrected chi connectivity index (χ1v) is 8.43. The highest BCUT2D eigenvalue weighted by molar-refractivity contribution is 5.95. The molecular weight excluding hydrogens is 333 g/mol. The lowest BCUT2D eigenvalue weighted by molar-refractivity contribution is 0.0718. The summed E-state index contributed by atoms with van der Waals surface area (Å²) in [7, 11) is 0. The Labute approximate surface area is 151 Å². The van der Waals surface area contributed by atoms with Gasteiger partial charge in [0.05, 0.1) is 11.6 Å². The van der Waals surface area contributed by atoms with Crippen molar-refractivity contribution >= 4 is 11.8 Å². The molecule has 0 saturated carbocycles. The number of hydrogen-bond acceptors (Lipinski definition) is 3. The topological polar surface area (TPSA) is 64.4 Å². The first-order chi connectivity index (χ1) is 12.6. The molecule has 6 heteroatoms. The van der Waals surface area contributed by atoms with Gasteiger partial charge in [-0.1, -0.05) is 6.07 Å². The summed E-state index contributed by atoms with van der Waals surface area (Å²) < 4.78 is 13.0. The van der Waals surface area contributed by atoms with Gasteiger partial charge in [-0.2, -0.15) is 5.26 Å². The third-order valence-corrected chi connectivity index (χ3v) is 4.40. The number of amides is 2. The molecule has 0 radical (unpaired) electrons. The molecule has 0 spiro atoms. The highest BCUT2D eigenvalue weighted by Crippen LogP contribution is 2.13. The third kappa shape index (κ3) is 3.89. The highest BCUT2D eigenvalue weighted by atomic mass is 19.1. The lowest BCUT2D eigenvalue weighted by Crippen LogP contribution is -2.37. The fourth-order valence-corrected chi connectivity index (χ4v) is 3.00. The second kappa shape index (κ2) is 7.79. The molecule has 0 aromatic heterocycles. The number of nitrogens with zero attached hydrogens (tertiary/aromatic N) is 3. The fraction of sp³-hybridized carbons (Fsp3) is 0.250. The van der Waals surface area contributed by atoms with E-state index in [9.17, 15) is 14.0 Å². The molecule has 0 aliphatic carbocycles. The Balaban J connectivity index is 1.68. The van der Waals surface area contributed by atoms with Crippen molar-refractivity contribution in [1.29, 1.82) is 5.26 Å². The normalized spacial score (nSPS) is 14.5. The molecule has 3 rings (SSSR count). The van der Waals surface area contributed by atoms with Gasteiger partial charge in [0.15, 0.2) is 0 Å². The highest BCUT2D eigenvalue weighted by Gasteiger charge is 2.23. The van der Waals surface area contributed by atoms with Gasteiger partial charge in [-0.3, -0.25) is 9.59 Å². The van der Waals surface area contributed by atoms with Gasteiger partial charge < -0.3 is 9.80 Å². The van der Waals surface area contributed by atoms with Gasteiger partial charge in [0.2, 0.25) is 0 Å². The van der Waals surface area contributed by atoms with Gasteiger partial charge >= 0.3 is 0 Å². The minimum atomic E-state index is -0.381. The van der Waals surface area contributed by atoms with Crippen molar-refractivity contribution in [3.05, 3.63) is 71.0 Å². The lowest BCUT2D eigenvalue weighted by atomic mass is 10.1. The molecule has 1 fully saturated rings. The van der Waals surface area contributed by atoms with E-state index in [4.69, 9.17) is 5.26 Å². The molecule has 2 aromatic carbocycles. The summed E-state index contributed by atoms with van der Waals surface area (Å²) in [4.78, 5) is 28.6. The van der Waals surface area contributed by atoms with Crippen LogP contribution < -0.4 is 0 Å². The van der Waals surface area contributed by atoms with Crippen molar-refractivity contribution in [2.45, 2.75) is 6.42 Å². The third-order valence-electron chi connectivity index (χ3n) is 4.40. The van der Waals surface area contributed by atoms with Gasteiger partial charge in [-0.15, -0.1) is 0 Å². The van der Waals surface area contributed by atoms with Crippen LogP contribution in [0, 0.1) is 17.1 Å². The largest absolute Gasteiger partial charge is 0.337 e. The number of carbonyl (C=O) groups excluding carboxylic acids is 2. The molecule has 132 valence electrons. The number of benzene rings is 2. The molecule has 1 heterocycles. The maximum absolute atomic E-state index is 13.0. The van der Waals surface area contributed by atoms with Crippen LogP contribution in [-0.4, -0.2) is 47.8 Å². The number of carbonyl (C=O) groups is 2. The van der Waals surface area contributed by atoms with Gasteiger partial charge in [-0.05, 0) is 48.9 Å². The van der Waals surface area contributed by atoms with E-state index < -0.39 is 0 Å². The number of rotatable bonds is 2. The lowest BCUT2D eigenvalue weighted by Gasteiger charge is -2.22. The smallest absolute Gasteiger partial charge is 0.253 e. The summed E-state index contributed by atoms with van der Waals surface area (Å²) in [5.74, 6) is -0.683. The van der Waals surface area contributed by atoms with E-state index in [0.717, 1.165) is 0 Å². The van der Waals surface area contributed by atoms with Crippen LogP contribution in [0.3, 0.4) is 0 Å². The van der Waals surface area contributed by atoms with Gasteiger partial charge in [0.25, 0.3) is 11.8 Å². The molecule has 0 atom stereocenters. The van der Waals surface area contributed by atoms with Gasteiger partial charge in [0.1, 0.15) is 5.82 Å². The van der Waals surface area contributed by atoms with E-state index in [2.05, 4.69) is 0 Å². The zero-order chi connectivity index (χ0) is 18.5. The summed E-state index contributed by atoms with van der Waals surface area (Å²) in [6.07, 6.45) is 0.663. The van der Waals surface area contributed by atoms with Gasteiger partial charge in [-0.25, -0.2) is 4.39 Å². The minimum absolute atomic E-state index is 0.141. The van der Waals surface area contributed by atoms with Crippen molar-refractivity contribution in [1.82, 2.24) is 9.80 Å². The maximum atomic E-state index is 13.0. The Morgan fingerprint density at radius 2 is 1.50 bits per heavy atom. The average Bonchev–Trinajstić information content (AvgIpc) is 2.93. The van der Waals surface area contributed by atoms with Crippen molar-refractivity contribution < 1.29 is 14.0 Å². The second-order valence-corrected chi connectivity index (χ2v) is 6.14. The van der Waals surface area contributed by atoms with Crippen LogP contribution >= 0.6 is 0 Å². The molecule has 0 bridgehead atoms. The van der Waals surface area contributed by atoms with Crippen LogP contribution in [0.15, 0.2) is 48.5 Å². The number of hydrogen-bond donors (Lipinski definition) is 0. The zero-order valence-electron chi connectivity index (χ0n) is 14.2. The van der Waals surface area contributed by atoms with Crippen molar-refractivity contribution in [2.75, 3.05) is 26.2 Å².